The van der Waals surface area contributed by atoms with E-state index in [9.17, 15) is 0 Å². The Hall–Kier alpha value is -2.08. The third-order valence-electron chi connectivity index (χ3n) is 3.00. The number of hydrogen-bond donors (Lipinski definition) is 1. The monoisotopic (exact) mass is 291 g/mol. The van der Waals surface area contributed by atoms with Gasteiger partial charge in [-0.3, -0.25) is 0 Å². The Bertz CT molecular complexity index is 581. The van der Waals surface area contributed by atoms with Gasteiger partial charge in [0, 0.05) is 19.0 Å². The van der Waals surface area contributed by atoms with E-state index in [0.29, 0.717) is 35.7 Å². The first-order valence-corrected chi connectivity index (χ1v) is 6.92. The lowest BCUT2D eigenvalue weighted by atomic mass is 10.2. The lowest BCUT2D eigenvalue weighted by Crippen LogP contribution is -2.25. The summed E-state index contributed by atoms with van der Waals surface area (Å²) in [4.78, 5) is 0. The molecule has 6 heteroatoms. The first-order valence-electron chi connectivity index (χ1n) is 6.92. The largest absolute Gasteiger partial charge is 0.497 e. The molecule has 0 atom stereocenters. The molecule has 0 spiro atoms. The molecule has 0 aliphatic rings. The summed E-state index contributed by atoms with van der Waals surface area (Å²) in [5.74, 6) is 2.42. The van der Waals surface area contributed by atoms with Crippen LogP contribution in [-0.4, -0.2) is 37.0 Å². The number of nitrogens with zero attached hydrogens (tertiary/aromatic N) is 2. The minimum Gasteiger partial charge on any atom is -0.497 e. The van der Waals surface area contributed by atoms with Gasteiger partial charge in [-0.1, -0.05) is 13.8 Å². The van der Waals surface area contributed by atoms with Crippen molar-refractivity contribution in [2.75, 3.05) is 20.8 Å². The second-order valence-corrected chi connectivity index (χ2v) is 4.93. The molecule has 1 aromatic carbocycles. The van der Waals surface area contributed by atoms with Gasteiger partial charge in [0.15, 0.2) is 0 Å². The molecule has 0 aliphatic heterocycles. The summed E-state index contributed by atoms with van der Waals surface area (Å²) >= 11 is 0. The van der Waals surface area contributed by atoms with Crippen LogP contribution in [0.1, 0.15) is 19.7 Å². The number of nitrogens with one attached hydrogen (secondary N) is 1. The van der Waals surface area contributed by atoms with Gasteiger partial charge in [-0.25, -0.2) is 0 Å². The van der Waals surface area contributed by atoms with Gasteiger partial charge in [0.1, 0.15) is 11.5 Å². The minimum atomic E-state index is 0.435. The van der Waals surface area contributed by atoms with E-state index < -0.39 is 0 Å². The Morgan fingerprint density at radius 3 is 2.67 bits per heavy atom. The number of ether oxygens (including phenoxy) is 2. The molecule has 0 saturated carbocycles. The number of benzene rings is 1. The third kappa shape index (κ3) is 3.95. The summed E-state index contributed by atoms with van der Waals surface area (Å²) in [7, 11) is 3.22. The first kappa shape index (κ1) is 15.3. The standard InChI is InChI=1S/C15H21N3O3/c1-10(2)16-8-7-14-17-18-15(21-14)12-9-11(19-3)5-6-13(12)20-4/h5-6,9-10,16H,7-8H2,1-4H3. The van der Waals surface area contributed by atoms with E-state index in [-0.39, 0.29) is 0 Å². The maximum absolute atomic E-state index is 5.70. The van der Waals surface area contributed by atoms with Crippen LogP contribution in [-0.2, 0) is 6.42 Å². The predicted molar refractivity (Wildman–Crippen MR) is 79.7 cm³/mol. The highest BCUT2D eigenvalue weighted by Gasteiger charge is 2.14. The molecule has 0 unspecified atom stereocenters. The zero-order valence-corrected chi connectivity index (χ0v) is 12.8. The number of rotatable bonds is 7. The number of methoxy groups -OCH3 is 2. The molecule has 1 N–H and O–H groups in total. The van der Waals surface area contributed by atoms with E-state index in [1.807, 2.05) is 18.2 Å². The lowest BCUT2D eigenvalue weighted by molar-refractivity contribution is 0.402. The Labute approximate surface area is 124 Å². The van der Waals surface area contributed by atoms with E-state index >= 15 is 0 Å². The van der Waals surface area contributed by atoms with Crippen molar-refractivity contribution in [3.05, 3.63) is 24.1 Å². The average molecular weight is 291 g/mol. The van der Waals surface area contributed by atoms with E-state index in [1.54, 1.807) is 14.2 Å². The summed E-state index contributed by atoms with van der Waals surface area (Å²) in [6.45, 7) is 5.00. The van der Waals surface area contributed by atoms with Crippen LogP contribution >= 0.6 is 0 Å². The van der Waals surface area contributed by atoms with Crippen molar-refractivity contribution in [1.82, 2.24) is 15.5 Å². The molecule has 0 fully saturated rings. The fraction of sp³-hybridized carbons (Fsp3) is 0.467. The molecule has 0 radical (unpaired) electrons. The smallest absolute Gasteiger partial charge is 0.251 e. The Morgan fingerprint density at radius 2 is 2.00 bits per heavy atom. The second-order valence-electron chi connectivity index (χ2n) is 4.93. The van der Waals surface area contributed by atoms with Crippen molar-refractivity contribution < 1.29 is 13.9 Å². The van der Waals surface area contributed by atoms with E-state index in [1.165, 1.54) is 0 Å². The van der Waals surface area contributed by atoms with Gasteiger partial charge in [0.25, 0.3) is 5.89 Å². The Kier molecular flexibility index (Phi) is 5.16. The second kappa shape index (κ2) is 7.08. The SMILES string of the molecule is COc1ccc(OC)c(-c2nnc(CCNC(C)C)o2)c1. The van der Waals surface area contributed by atoms with Crippen molar-refractivity contribution in [2.24, 2.45) is 0 Å². The Morgan fingerprint density at radius 1 is 1.19 bits per heavy atom. The van der Waals surface area contributed by atoms with Crippen LogP contribution in [0.5, 0.6) is 11.5 Å². The maximum Gasteiger partial charge on any atom is 0.251 e. The van der Waals surface area contributed by atoms with Gasteiger partial charge < -0.3 is 19.2 Å². The van der Waals surface area contributed by atoms with Gasteiger partial charge in [-0.05, 0) is 18.2 Å². The number of aromatic nitrogens is 2. The number of hydrogen-bond acceptors (Lipinski definition) is 6. The summed E-state index contributed by atoms with van der Waals surface area (Å²) < 4.78 is 16.2. The first-order chi connectivity index (χ1) is 10.1. The molecular formula is C15H21N3O3. The quantitative estimate of drug-likeness (QED) is 0.844. The van der Waals surface area contributed by atoms with Crippen molar-refractivity contribution in [3.8, 4) is 23.0 Å². The van der Waals surface area contributed by atoms with Gasteiger partial charge in [-0.15, -0.1) is 10.2 Å². The van der Waals surface area contributed by atoms with Gasteiger partial charge in [-0.2, -0.15) is 0 Å². The van der Waals surface area contributed by atoms with Crippen LogP contribution in [0.3, 0.4) is 0 Å². The van der Waals surface area contributed by atoms with Crippen molar-refractivity contribution in [1.29, 1.82) is 0 Å². The fourth-order valence-corrected chi connectivity index (χ4v) is 1.91. The highest BCUT2D eigenvalue weighted by atomic mass is 16.5. The zero-order chi connectivity index (χ0) is 15.2. The van der Waals surface area contributed by atoms with Crippen LogP contribution in [0.2, 0.25) is 0 Å². The molecule has 2 aromatic rings. The van der Waals surface area contributed by atoms with Gasteiger partial charge >= 0.3 is 0 Å². The van der Waals surface area contributed by atoms with Crippen LogP contribution in [0.4, 0.5) is 0 Å². The van der Waals surface area contributed by atoms with E-state index in [4.69, 9.17) is 13.9 Å². The van der Waals surface area contributed by atoms with Gasteiger partial charge in [0.05, 0.1) is 19.8 Å². The molecule has 2 rings (SSSR count). The normalized spacial score (nSPS) is 10.9. The summed E-state index contributed by atoms with van der Waals surface area (Å²) in [6.07, 6.45) is 0.692. The Balaban J connectivity index is 2.16. The van der Waals surface area contributed by atoms with E-state index in [0.717, 1.165) is 12.1 Å². The molecule has 6 nitrogen and oxygen atoms in total. The summed E-state index contributed by atoms with van der Waals surface area (Å²) in [5, 5.41) is 11.5. The molecule has 1 aromatic heterocycles. The average Bonchev–Trinajstić information content (AvgIpc) is 2.95. The highest BCUT2D eigenvalue weighted by molar-refractivity contribution is 5.64. The minimum absolute atomic E-state index is 0.435. The van der Waals surface area contributed by atoms with Crippen molar-refractivity contribution in [3.63, 3.8) is 0 Å². The van der Waals surface area contributed by atoms with Crippen LogP contribution in [0.25, 0.3) is 11.5 Å². The third-order valence-corrected chi connectivity index (χ3v) is 3.00. The molecule has 114 valence electrons. The molecule has 0 saturated heterocycles. The van der Waals surface area contributed by atoms with Crippen molar-refractivity contribution in [2.45, 2.75) is 26.3 Å². The molecule has 0 bridgehead atoms. The summed E-state index contributed by atoms with van der Waals surface area (Å²) in [5.41, 5.74) is 0.729. The van der Waals surface area contributed by atoms with E-state index in [2.05, 4.69) is 29.4 Å². The molecule has 0 aliphatic carbocycles. The van der Waals surface area contributed by atoms with Crippen molar-refractivity contribution >= 4 is 0 Å². The van der Waals surface area contributed by atoms with Gasteiger partial charge in [0.2, 0.25) is 5.89 Å². The topological polar surface area (TPSA) is 69.4 Å². The molecule has 21 heavy (non-hydrogen) atoms. The molecular weight excluding hydrogens is 270 g/mol. The van der Waals surface area contributed by atoms with Crippen LogP contribution < -0.4 is 14.8 Å². The predicted octanol–water partition coefficient (Wildman–Crippen LogP) is 2.29. The maximum atomic E-state index is 5.70. The molecule has 0 amide bonds. The molecule has 1 heterocycles. The zero-order valence-electron chi connectivity index (χ0n) is 12.8. The summed E-state index contributed by atoms with van der Waals surface area (Å²) in [6, 6.07) is 5.90. The lowest BCUT2D eigenvalue weighted by Gasteiger charge is -2.07. The fourth-order valence-electron chi connectivity index (χ4n) is 1.91. The highest BCUT2D eigenvalue weighted by Crippen LogP contribution is 2.32. The van der Waals surface area contributed by atoms with Crippen LogP contribution in [0, 0.1) is 0 Å². The van der Waals surface area contributed by atoms with Crippen LogP contribution in [0.15, 0.2) is 22.6 Å².